The molecule has 2 aromatic rings. The first-order chi connectivity index (χ1) is 14.2. The predicted molar refractivity (Wildman–Crippen MR) is 122 cm³/mol. The minimum Gasteiger partial charge on any atom is -0.493 e. The molecule has 156 valence electrons. The molecule has 0 aliphatic carbocycles. The maximum Gasteiger partial charge on any atom is 0.339 e. The summed E-state index contributed by atoms with van der Waals surface area (Å²) in [5, 5.41) is 0.411. The van der Waals surface area contributed by atoms with Crippen LogP contribution in [0.1, 0.15) is 5.56 Å². The molecule has 10 heteroatoms. The predicted octanol–water partition coefficient (Wildman–Crippen LogP) is 4.50. The largest absolute Gasteiger partial charge is 0.493 e. The summed E-state index contributed by atoms with van der Waals surface area (Å²) in [6.07, 6.45) is 3.26. The second-order valence-electron chi connectivity index (χ2n) is 5.98. The van der Waals surface area contributed by atoms with Crippen LogP contribution in [0, 0.1) is 0 Å². The molecule has 0 atom stereocenters. The average molecular weight is 482 g/mol. The number of carbonyl (C=O) groups excluding carboxylic acids is 1. The summed E-state index contributed by atoms with van der Waals surface area (Å²) >= 11 is 12.2. The lowest BCUT2D eigenvalue weighted by Gasteiger charge is -2.12. The molecular weight excluding hydrogens is 466 g/mol. The first-order valence-corrected chi connectivity index (χ1v) is 11.5. The summed E-state index contributed by atoms with van der Waals surface area (Å²) in [7, 11) is -2.68. The number of rotatable bonds is 7. The highest BCUT2D eigenvalue weighted by atomic mass is 35.5. The number of hydrogen-bond acceptors (Lipinski definition) is 7. The van der Waals surface area contributed by atoms with Crippen LogP contribution in [0.2, 0.25) is 5.02 Å². The Kier molecular flexibility index (Phi) is 6.87. The van der Waals surface area contributed by atoms with Crippen LogP contribution in [-0.4, -0.2) is 37.2 Å². The van der Waals surface area contributed by atoms with Crippen LogP contribution in [0.4, 0.5) is 0 Å². The molecule has 2 aromatic carbocycles. The molecule has 1 amide bonds. The van der Waals surface area contributed by atoms with Crippen LogP contribution >= 0.6 is 35.6 Å². The third-order valence-electron chi connectivity index (χ3n) is 3.97. The molecule has 6 nitrogen and oxygen atoms in total. The fourth-order valence-electron chi connectivity index (χ4n) is 2.55. The Bertz CT molecular complexity index is 1140. The summed E-state index contributed by atoms with van der Waals surface area (Å²) in [5.41, 5.74) is 0.627. The number of ether oxygens (including phenoxy) is 1. The second-order valence-corrected chi connectivity index (χ2v) is 9.64. The number of thiocarbonyl (C=S) groups is 1. The van der Waals surface area contributed by atoms with Crippen molar-refractivity contribution >= 4 is 62.0 Å². The van der Waals surface area contributed by atoms with E-state index in [4.69, 9.17) is 32.7 Å². The maximum atomic E-state index is 12.5. The number of halogens is 1. The number of benzene rings is 2. The van der Waals surface area contributed by atoms with Gasteiger partial charge in [0.2, 0.25) is 0 Å². The molecule has 1 saturated heterocycles. The fourth-order valence-corrected chi connectivity index (χ4v) is 4.89. The molecule has 1 fully saturated rings. The number of carbonyl (C=O) groups is 1. The van der Waals surface area contributed by atoms with Gasteiger partial charge in [-0.1, -0.05) is 47.7 Å². The van der Waals surface area contributed by atoms with E-state index in [1.807, 2.05) is 0 Å². The number of nitrogens with zero attached hydrogens (tertiary/aromatic N) is 1. The van der Waals surface area contributed by atoms with Crippen molar-refractivity contribution in [3.8, 4) is 11.5 Å². The van der Waals surface area contributed by atoms with Crippen molar-refractivity contribution < 1.29 is 22.1 Å². The standard InChI is InChI=1S/C20H16ClNO5S3/c1-3-10-22-19(23)18(29-20(22)28)12-13-4-9-16(17(11-13)26-2)27-30(24,25)15-7-5-14(21)6-8-15/h3-9,11-12H,1,10H2,2H3/b18-12+. The number of methoxy groups -OCH3 is 1. The molecular formula is C20H16ClNO5S3. The fraction of sp³-hybridized carbons (Fsp3) is 0.100. The van der Waals surface area contributed by atoms with Crippen molar-refractivity contribution in [2.24, 2.45) is 0 Å². The zero-order valence-corrected chi connectivity index (χ0v) is 18.9. The van der Waals surface area contributed by atoms with Gasteiger partial charge in [0.1, 0.15) is 9.22 Å². The lowest BCUT2D eigenvalue weighted by Crippen LogP contribution is -2.27. The van der Waals surface area contributed by atoms with Crippen molar-refractivity contribution in [3.63, 3.8) is 0 Å². The summed E-state index contributed by atoms with van der Waals surface area (Å²) < 4.78 is 36.0. The van der Waals surface area contributed by atoms with Crippen molar-refractivity contribution in [1.29, 1.82) is 0 Å². The van der Waals surface area contributed by atoms with Crippen molar-refractivity contribution in [2.45, 2.75) is 4.90 Å². The quantitative estimate of drug-likeness (QED) is 0.249. The Morgan fingerprint density at radius 1 is 1.20 bits per heavy atom. The molecule has 0 aromatic heterocycles. The zero-order chi connectivity index (χ0) is 21.9. The molecule has 0 unspecified atom stereocenters. The van der Waals surface area contributed by atoms with Gasteiger partial charge in [-0.15, -0.1) is 6.58 Å². The second kappa shape index (κ2) is 9.22. The highest BCUT2D eigenvalue weighted by molar-refractivity contribution is 8.26. The molecule has 0 radical (unpaired) electrons. The van der Waals surface area contributed by atoms with Crippen molar-refractivity contribution in [3.05, 3.63) is 70.6 Å². The third kappa shape index (κ3) is 4.86. The van der Waals surface area contributed by atoms with E-state index in [2.05, 4.69) is 6.58 Å². The highest BCUT2D eigenvalue weighted by Gasteiger charge is 2.31. The van der Waals surface area contributed by atoms with E-state index in [1.54, 1.807) is 24.3 Å². The summed E-state index contributed by atoms with van der Waals surface area (Å²) in [5.74, 6) is 0.00109. The molecule has 0 spiro atoms. The van der Waals surface area contributed by atoms with Gasteiger partial charge < -0.3 is 8.92 Å². The highest BCUT2D eigenvalue weighted by Crippen LogP contribution is 2.35. The summed E-state index contributed by atoms with van der Waals surface area (Å²) in [6.45, 7) is 3.96. The normalized spacial score (nSPS) is 15.5. The van der Waals surface area contributed by atoms with Gasteiger partial charge in [-0.2, -0.15) is 8.42 Å². The molecule has 1 heterocycles. The van der Waals surface area contributed by atoms with Gasteiger partial charge in [0.05, 0.1) is 12.0 Å². The molecule has 1 aliphatic rings. The van der Waals surface area contributed by atoms with E-state index in [-0.39, 0.29) is 22.3 Å². The van der Waals surface area contributed by atoms with Crippen LogP contribution < -0.4 is 8.92 Å². The van der Waals surface area contributed by atoms with Crippen LogP contribution in [0.25, 0.3) is 6.08 Å². The van der Waals surface area contributed by atoms with Gasteiger partial charge in [0, 0.05) is 11.6 Å². The number of thioether (sulfide) groups is 1. The van der Waals surface area contributed by atoms with Crippen molar-refractivity contribution in [2.75, 3.05) is 13.7 Å². The number of amides is 1. The van der Waals surface area contributed by atoms with E-state index < -0.39 is 10.1 Å². The molecule has 0 bridgehead atoms. The van der Waals surface area contributed by atoms with Gasteiger partial charge >= 0.3 is 10.1 Å². The maximum absolute atomic E-state index is 12.5. The van der Waals surface area contributed by atoms with E-state index in [9.17, 15) is 13.2 Å². The van der Waals surface area contributed by atoms with Gasteiger partial charge in [0.25, 0.3) is 5.91 Å². The smallest absolute Gasteiger partial charge is 0.339 e. The molecule has 30 heavy (non-hydrogen) atoms. The average Bonchev–Trinajstić information content (AvgIpc) is 2.97. The Labute approximate surface area is 189 Å². The minimum absolute atomic E-state index is 0.0174. The minimum atomic E-state index is -4.07. The Morgan fingerprint density at radius 2 is 1.90 bits per heavy atom. The van der Waals surface area contributed by atoms with E-state index in [0.29, 0.717) is 26.4 Å². The van der Waals surface area contributed by atoms with Crippen LogP contribution in [-0.2, 0) is 14.9 Å². The zero-order valence-electron chi connectivity index (χ0n) is 15.7. The van der Waals surface area contributed by atoms with Crippen LogP contribution in [0.3, 0.4) is 0 Å². The molecule has 0 saturated carbocycles. The van der Waals surface area contributed by atoms with Crippen LogP contribution in [0.5, 0.6) is 11.5 Å². The first-order valence-electron chi connectivity index (χ1n) is 8.49. The summed E-state index contributed by atoms with van der Waals surface area (Å²) in [4.78, 5) is 14.3. The number of hydrogen-bond donors (Lipinski definition) is 0. The molecule has 1 aliphatic heterocycles. The Balaban J connectivity index is 1.87. The lowest BCUT2D eigenvalue weighted by atomic mass is 10.2. The third-order valence-corrected chi connectivity index (χ3v) is 6.85. The van der Waals surface area contributed by atoms with Crippen molar-refractivity contribution in [1.82, 2.24) is 4.90 Å². The molecule has 0 N–H and O–H groups in total. The SMILES string of the molecule is C=CCN1C(=O)/C(=C\c2ccc(OS(=O)(=O)c3ccc(Cl)cc3)c(OC)c2)SC1=S. The Hall–Kier alpha value is -2.33. The summed E-state index contributed by atoms with van der Waals surface area (Å²) in [6, 6.07) is 10.3. The van der Waals surface area contributed by atoms with Gasteiger partial charge in [-0.05, 0) is 48.0 Å². The Morgan fingerprint density at radius 3 is 2.53 bits per heavy atom. The van der Waals surface area contributed by atoms with Gasteiger partial charge in [-0.25, -0.2) is 0 Å². The van der Waals surface area contributed by atoms with E-state index >= 15 is 0 Å². The monoisotopic (exact) mass is 481 g/mol. The lowest BCUT2D eigenvalue weighted by molar-refractivity contribution is -0.121. The molecule has 3 rings (SSSR count). The van der Waals surface area contributed by atoms with Gasteiger partial charge in [-0.3, -0.25) is 9.69 Å². The van der Waals surface area contributed by atoms with E-state index in [0.717, 1.165) is 0 Å². The topological polar surface area (TPSA) is 72.9 Å². The first kappa shape index (κ1) is 22.4. The van der Waals surface area contributed by atoms with E-state index in [1.165, 1.54) is 54.1 Å². The van der Waals surface area contributed by atoms with Gasteiger partial charge in [0.15, 0.2) is 11.5 Å². The van der Waals surface area contributed by atoms with Crippen LogP contribution in [0.15, 0.2) is 64.9 Å².